The van der Waals surface area contributed by atoms with Crippen LogP contribution in [-0.2, 0) is 0 Å². The third kappa shape index (κ3) is 1.76. The van der Waals surface area contributed by atoms with E-state index in [0.29, 0.717) is 15.8 Å². The molecule has 0 unspecified atom stereocenters. The minimum absolute atomic E-state index is 0.492. The monoisotopic (exact) mass is 229 g/mol. The van der Waals surface area contributed by atoms with Gasteiger partial charge in [0.25, 0.3) is 0 Å². The summed E-state index contributed by atoms with van der Waals surface area (Å²) in [6.45, 7) is -4.79. The predicted octanol–water partition coefficient (Wildman–Crippen LogP) is 2.57. The summed E-state index contributed by atoms with van der Waals surface area (Å²) in [5, 5.41) is 1.42. The minimum atomic E-state index is -4.79. The van der Waals surface area contributed by atoms with E-state index in [1.807, 2.05) is 0 Å². The van der Waals surface area contributed by atoms with Crippen molar-refractivity contribution in [1.29, 1.82) is 0 Å². The molecule has 1 aromatic rings. The second-order valence-corrected chi connectivity index (χ2v) is 3.60. The molecule has 0 amide bonds. The Kier molecular flexibility index (Phi) is 2.10. The molecular formula is C4H2BBrF3S-. The molecule has 56 valence electrons. The van der Waals surface area contributed by atoms with Gasteiger partial charge in [-0.05, 0) is 0 Å². The number of halogens is 4. The van der Waals surface area contributed by atoms with Crippen LogP contribution in [0.25, 0.3) is 0 Å². The number of rotatable bonds is 1. The van der Waals surface area contributed by atoms with Crippen LogP contribution >= 0.6 is 27.3 Å². The van der Waals surface area contributed by atoms with Gasteiger partial charge in [-0.15, -0.1) is 0 Å². The van der Waals surface area contributed by atoms with E-state index in [1.54, 1.807) is 0 Å². The highest BCUT2D eigenvalue weighted by atomic mass is 79.9. The molecule has 0 spiro atoms. The summed E-state index contributed by atoms with van der Waals surface area (Å²) in [7, 11) is 0. The van der Waals surface area contributed by atoms with Crippen LogP contribution in [0, 0.1) is 0 Å². The van der Waals surface area contributed by atoms with E-state index in [4.69, 9.17) is 0 Å². The lowest BCUT2D eigenvalue weighted by Gasteiger charge is -2.09. The smallest absolute Gasteiger partial charge is 0.444 e. The van der Waals surface area contributed by atoms with Gasteiger partial charge in [-0.2, -0.15) is 11.3 Å². The van der Waals surface area contributed by atoms with Crippen molar-refractivity contribution in [2.75, 3.05) is 0 Å². The lowest BCUT2D eigenvalue weighted by atomic mass is 9.90. The van der Waals surface area contributed by atoms with Gasteiger partial charge in [-0.3, -0.25) is 0 Å². The van der Waals surface area contributed by atoms with Crippen LogP contribution in [-0.4, -0.2) is 6.98 Å². The SMILES string of the molecule is F[B-](F)(F)c1cc(Br)cs1. The van der Waals surface area contributed by atoms with Crippen molar-refractivity contribution < 1.29 is 12.9 Å². The van der Waals surface area contributed by atoms with Crippen molar-refractivity contribution in [3.05, 3.63) is 15.9 Å². The summed E-state index contributed by atoms with van der Waals surface area (Å²) in [4.78, 5) is 0. The summed E-state index contributed by atoms with van der Waals surface area (Å²) in [5.41, 5.74) is 0. The van der Waals surface area contributed by atoms with Crippen molar-refractivity contribution in [1.82, 2.24) is 0 Å². The summed E-state index contributed by atoms with van der Waals surface area (Å²) >= 11 is 3.66. The number of hydrogen-bond acceptors (Lipinski definition) is 1. The average molecular weight is 230 g/mol. The summed E-state index contributed by atoms with van der Waals surface area (Å²) in [6.07, 6.45) is 0. The topological polar surface area (TPSA) is 0 Å². The van der Waals surface area contributed by atoms with E-state index >= 15 is 0 Å². The molecule has 0 bridgehead atoms. The van der Waals surface area contributed by atoms with Crippen molar-refractivity contribution in [2.24, 2.45) is 0 Å². The highest BCUT2D eigenvalue weighted by molar-refractivity contribution is 9.10. The third-order valence-corrected chi connectivity index (χ3v) is 2.70. The van der Waals surface area contributed by atoms with Crippen LogP contribution in [0.4, 0.5) is 12.9 Å². The molecule has 0 aliphatic carbocycles. The van der Waals surface area contributed by atoms with Crippen LogP contribution in [0.3, 0.4) is 0 Å². The van der Waals surface area contributed by atoms with Gasteiger partial charge in [0.1, 0.15) is 0 Å². The fourth-order valence-corrected chi connectivity index (χ4v) is 1.84. The van der Waals surface area contributed by atoms with E-state index in [1.165, 1.54) is 5.38 Å². The van der Waals surface area contributed by atoms with Crippen LogP contribution in [0.5, 0.6) is 0 Å². The van der Waals surface area contributed by atoms with Gasteiger partial charge in [-0.1, -0.05) is 26.8 Å². The largest absolute Gasteiger partial charge is 0.519 e. The molecule has 0 atom stereocenters. The van der Waals surface area contributed by atoms with Crippen molar-refractivity contribution in [3.63, 3.8) is 0 Å². The van der Waals surface area contributed by atoms with E-state index in [-0.39, 0.29) is 0 Å². The Morgan fingerprint density at radius 3 is 2.20 bits per heavy atom. The van der Waals surface area contributed by atoms with Gasteiger partial charge in [0.2, 0.25) is 0 Å². The van der Waals surface area contributed by atoms with Gasteiger partial charge >= 0.3 is 6.98 Å². The molecule has 10 heavy (non-hydrogen) atoms. The highest BCUT2D eigenvalue weighted by Crippen LogP contribution is 2.18. The Labute approximate surface area is 68.2 Å². The van der Waals surface area contributed by atoms with Crippen LogP contribution in [0.2, 0.25) is 0 Å². The van der Waals surface area contributed by atoms with Gasteiger partial charge in [0, 0.05) is 9.85 Å². The fraction of sp³-hybridized carbons (Fsp3) is 0. The molecule has 6 heteroatoms. The lowest BCUT2D eigenvalue weighted by Crippen LogP contribution is -2.30. The lowest BCUT2D eigenvalue weighted by molar-refractivity contribution is 0.503. The Morgan fingerprint density at radius 2 is 2.00 bits per heavy atom. The zero-order valence-electron chi connectivity index (χ0n) is 4.65. The number of thiophene rings is 1. The molecule has 0 radical (unpaired) electrons. The Bertz CT molecular complexity index is 231. The molecule has 0 saturated carbocycles. The molecule has 0 aromatic carbocycles. The van der Waals surface area contributed by atoms with E-state index < -0.39 is 11.8 Å². The van der Waals surface area contributed by atoms with Crippen LogP contribution in [0.1, 0.15) is 0 Å². The molecule has 1 aromatic heterocycles. The first-order valence-corrected chi connectivity index (χ1v) is 4.11. The fourth-order valence-electron chi connectivity index (χ4n) is 0.500. The third-order valence-electron chi connectivity index (χ3n) is 0.910. The predicted molar refractivity (Wildman–Crippen MR) is 40.7 cm³/mol. The van der Waals surface area contributed by atoms with Crippen LogP contribution in [0.15, 0.2) is 15.9 Å². The molecule has 1 heterocycles. The van der Waals surface area contributed by atoms with Crippen molar-refractivity contribution in [2.45, 2.75) is 0 Å². The second kappa shape index (κ2) is 2.58. The minimum Gasteiger partial charge on any atom is -0.444 e. The molecule has 0 aliphatic rings. The first-order chi connectivity index (χ1) is 4.50. The molecule has 0 aliphatic heterocycles. The van der Waals surface area contributed by atoms with Gasteiger partial charge < -0.3 is 12.9 Å². The maximum atomic E-state index is 11.9. The first-order valence-electron chi connectivity index (χ1n) is 2.44. The molecule has 1 rings (SSSR count). The maximum Gasteiger partial charge on any atom is 0.519 e. The van der Waals surface area contributed by atoms with E-state index in [0.717, 1.165) is 6.07 Å². The standard InChI is InChI=1S/C4H2BBrF3S/c6-3-1-4(10-2-3)5(7,8)9/h1-2H/q-1. The summed E-state index contributed by atoms with van der Waals surface area (Å²) in [6, 6.07) is 1.09. The Balaban J connectivity index is 2.96. The second-order valence-electron chi connectivity index (χ2n) is 1.74. The number of hydrogen-bond donors (Lipinski definition) is 0. The van der Waals surface area contributed by atoms with Gasteiger partial charge in [-0.25, -0.2) is 0 Å². The normalized spacial score (nSPS) is 12.0. The van der Waals surface area contributed by atoms with Crippen molar-refractivity contribution >= 4 is 39.0 Å². The molecule has 0 nitrogen and oxygen atoms in total. The first kappa shape index (κ1) is 8.13. The zero-order valence-corrected chi connectivity index (χ0v) is 7.05. The molecule has 0 N–H and O–H groups in total. The Hall–Kier alpha value is 0.0349. The average Bonchev–Trinajstić information content (AvgIpc) is 2.11. The van der Waals surface area contributed by atoms with Crippen molar-refractivity contribution in [3.8, 4) is 0 Å². The maximum absolute atomic E-state index is 11.9. The van der Waals surface area contributed by atoms with E-state index in [2.05, 4.69) is 15.9 Å². The van der Waals surface area contributed by atoms with Gasteiger partial charge in [0.05, 0.1) is 0 Å². The van der Waals surface area contributed by atoms with Crippen LogP contribution < -0.4 is 4.78 Å². The zero-order chi connectivity index (χ0) is 7.78. The quantitative estimate of drug-likeness (QED) is 0.650. The molecule has 0 fully saturated rings. The highest BCUT2D eigenvalue weighted by Gasteiger charge is 2.26. The van der Waals surface area contributed by atoms with E-state index in [9.17, 15) is 12.9 Å². The summed E-state index contributed by atoms with van der Waals surface area (Å²) in [5.74, 6) is 0. The Morgan fingerprint density at radius 1 is 1.40 bits per heavy atom. The summed E-state index contributed by atoms with van der Waals surface area (Å²) < 4.78 is 35.5. The molecule has 0 saturated heterocycles. The van der Waals surface area contributed by atoms with Gasteiger partial charge in [0.15, 0.2) is 0 Å². The molecular weight excluding hydrogens is 228 g/mol.